The number of amidine groups is 1. The van der Waals surface area contributed by atoms with E-state index in [1.54, 1.807) is 66.9 Å². The molecule has 15 nitrogen and oxygen atoms in total. The number of benzene rings is 1. The molecule has 0 saturated carbocycles. The Bertz CT molecular complexity index is 2100. The Morgan fingerprint density at radius 2 is 1.39 bits per heavy atom. The molecule has 0 aliphatic carbocycles. The summed E-state index contributed by atoms with van der Waals surface area (Å²) in [6.45, 7) is 1.46. The molecule has 4 aromatic heterocycles. The first-order chi connectivity index (χ1) is 24.4. The van der Waals surface area contributed by atoms with Gasteiger partial charge in [-0.2, -0.15) is 0 Å². The van der Waals surface area contributed by atoms with Gasteiger partial charge in [0.05, 0.1) is 17.2 Å². The summed E-state index contributed by atoms with van der Waals surface area (Å²) < 4.78 is 10.5. The standard InChI is InChI=1S/C34H38Cl2N10O5/c1-43-19-22(41-34(50)28-15-20-14-23(4-6-27(20)51-28)46(12-9-35)13-10-36)17-25(43)32(48)40-21-16-26(44(2)18-21)33(49)42-30-7-5-24(45(30)3)31(47)39-11-8-29(37)38/h4-7,14-19H,8-13H2,1-3H3,(H3,37,38)(H,39,47)(H,40,48)(H,41,50)(H,42,49). The molecule has 0 fully saturated rings. The van der Waals surface area contributed by atoms with E-state index < -0.39 is 17.7 Å². The second-order valence-electron chi connectivity index (χ2n) is 11.7. The van der Waals surface area contributed by atoms with Crippen LogP contribution < -0.4 is 31.9 Å². The topological polar surface area (TPSA) is 197 Å². The van der Waals surface area contributed by atoms with Crippen LogP contribution in [-0.4, -0.2) is 74.6 Å². The zero-order valence-electron chi connectivity index (χ0n) is 28.2. The number of furan rings is 1. The quantitative estimate of drug-likeness (QED) is 0.0515. The van der Waals surface area contributed by atoms with Crippen molar-refractivity contribution in [3.63, 3.8) is 0 Å². The Hall–Kier alpha value is -5.67. The van der Waals surface area contributed by atoms with E-state index in [1.165, 1.54) is 16.7 Å². The van der Waals surface area contributed by atoms with Crippen molar-refractivity contribution in [2.45, 2.75) is 6.42 Å². The van der Waals surface area contributed by atoms with Crippen LogP contribution in [0.5, 0.6) is 0 Å². The van der Waals surface area contributed by atoms with Gasteiger partial charge in [-0.05, 0) is 48.5 Å². The Morgan fingerprint density at radius 1 is 0.784 bits per heavy atom. The SMILES string of the molecule is Cn1cc(NC(=O)c2cc3cc(N(CCCl)CCCl)ccc3o2)cc1C(=O)Nc1cc(C(=O)Nc2ccc(C(=O)NCCC(=N)N)n2C)n(C)c1. The van der Waals surface area contributed by atoms with E-state index in [1.807, 2.05) is 12.1 Å². The number of fused-ring (bicyclic) bond motifs is 1. The fourth-order valence-electron chi connectivity index (χ4n) is 5.46. The summed E-state index contributed by atoms with van der Waals surface area (Å²) in [7, 11) is 4.97. The minimum atomic E-state index is -0.485. The highest BCUT2D eigenvalue weighted by atomic mass is 35.5. The zero-order valence-corrected chi connectivity index (χ0v) is 29.7. The number of nitrogens with two attached hydrogens (primary N) is 1. The predicted molar refractivity (Wildman–Crippen MR) is 199 cm³/mol. The lowest BCUT2D eigenvalue weighted by atomic mass is 10.2. The molecule has 0 bridgehead atoms. The maximum Gasteiger partial charge on any atom is 0.291 e. The van der Waals surface area contributed by atoms with Crippen molar-refractivity contribution in [1.29, 1.82) is 5.41 Å². The molecule has 17 heteroatoms. The molecule has 268 valence electrons. The van der Waals surface area contributed by atoms with Crippen molar-refractivity contribution in [1.82, 2.24) is 19.0 Å². The molecule has 0 radical (unpaired) electrons. The number of alkyl halides is 2. The van der Waals surface area contributed by atoms with Crippen molar-refractivity contribution < 1.29 is 23.6 Å². The monoisotopic (exact) mass is 736 g/mol. The van der Waals surface area contributed by atoms with Gasteiger partial charge >= 0.3 is 0 Å². The van der Waals surface area contributed by atoms with Crippen LogP contribution in [-0.2, 0) is 21.1 Å². The number of nitrogens with zero attached hydrogens (tertiary/aromatic N) is 4. The van der Waals surface area contributed by atoms with E-state index in [0.29, 0.717) is 53.3 Å². The Balaban J connectivity index is 1.21. The number of aryl methyl sites for hydroxylation is 2. The number of rotatable bonds is 15. The Labute approximate surface area is 303 Å². The maximum atomic E-state index is 13.3. The molecule has 5 aromatic rings. The van der Waals surface area contributed by atoms with Crippen LogP contribution in [0.2, 0.25) is 0 Å². The van der Waals surface area contributed by atoms with Gasteiger partial charge < -0.3 is 50.0 Å². The first-order valence-electron chi connectivity index (χ1n) is 15.8. The van der Waals surface area contributed by atoms with Gasteiger partial charge in [-0.3, -0.25) is 24.6 Å². The second kappa shape index (κ2) is 15.9. The lowest BCUT2D eigenvalue weighted by Crippen LogP contribution is -2.29. The number of hydrogen-bond donors (Lipinski definition) is 6. The van der Waals surface area contributed by atoms with Gasteiger partial charge in [-0.25, -0.2) is 0 Å². The Kier molecular flexibility index (Phi) is 11.4. The molecule has 0 atom stereocenters. The third-order valence-corrected chi connectivity index (χ3v) is 8.40. The van der Waals surface area contributed by atoms with Crippen molar-refractivity contribution in [2.75, 3.05) is 52.2 Å². The first kappa shape index (κ1) is 36.6. The van der Waals surface area contributed by atoms with E-state index in [0.717, 1.165) is 11.1 Å². The largest absolute Gasteiger partial charge is 0.451 e. The van der Waals surface area contributed by atoms with E-state index in [9.17, 15) is 19.2 Å². The summed E-state index contributed by atoms with van der Waals surface area (Å²) in [4.78, 5) is 54.1. The van der Waals surface area contributed by atoms with Crippen LogP contribution in [0.4, 0.5) is 22.9 Å². The fourth-order valence-corrected chi connectivity index (χ4v) is 5.87. The summed E-state index contributed by atoms with van der Waals surface area (Å²) >= 11 is 11.9. The molecule has 0 unspecified atom stereocenters. The molecule has 0 aliphatic heterocycles. The zero-order chi connectivity index (χ0) is 36.8. The predicted octanol–water partition coefficient (Wildman–Crippen LogP) is 4.55. The molecule has 1 aromatic carbocycles. The number of carbonyl (C=O) groups excluding carboxylic acids is 4. The van der Waals surface area contributed by atoms with Gasteiger partial charge in [-0.1, -0.05) is 0 Å². The van der Waals surface area contributed by atoms with Crippen molar-refractivity contribution >= 4 is 86.5 Å². The highest BCUT2D eigenvalue weighted by molar-refractivity contribution is 6.18. The number of anilines is 4. The number of halogens is 2. The van der Waals surface area contributed by atoms with Crippen LogP contribution in [0.25, 0.3) is 11.0 Å². The molecule has 5 rings (SSSR count). The van der Waals surface area contributed by atoms with Gasteiger partial charge in [0.2, 0.25) is 0 Å². The molecule has 4 heterocycles. The summed E-state index contributed by atoms with van der Waals surface area (Å²) in [5, 5.41) is 19.1. The van der Waals surface area contributed by atoms with Gasteiger partial charge in [0.15, 0.2) is 5.76 Å². The number of amides is 4. The molecule has 7 N–H and O–H groups in total. The van der Waals surface area contributed by atoms with Gasteiger partial charge in [0.1, 0.15) is 28.5 Å². The van der Waals surface area contributed by atoms with E-state index >= 15 is 0 Å². The molecule has 0 spiro atoms. The third kappa shape index (κ3) is 8.56. The van der Waals surface area contributed by atoms with Crippen LogP contribution in [0, 0.1) is 5.41 Å². The van der Waals surface area contributed by atoms with E-state index in [4.69, 9.17) is 38.8 Å². The van der Waals surface area contributed by atoms with E-state index in [-0.39, 0.29) is 41.9 Å². The van der Waals surface area contributed by atoms with Crippen molar-refractivity contribution in [3.05, 3.63) is 83.8 Å². The number of aromatic nitrogens is 3. The van der Waals surface area contributed by atoms with Crippen molar-refractivity contribution in [3.8, 4) is 0 Å². The van der Waals surface area contributed by atoms with Crippen LogP contribution in [0.1, 0.15) is 48.4 Å². The average Bonchev–Trinajstić information content (AvgIpc) is 3.86. The normalized spacial score (nSPS) is 11.0. The average molecular weight is 738 g/mol. The fraction of sp³-hybridized carbons (Fsp3) is 0.265. The van der Waals surface area contributed by atoms with Gasteiger partial charge in [-0.15, -0.1) is 23.2 Å². The highest BCUT2D eigenvalue weighted by Crippen LogP contribution is 2.27. The Morgan fingerprint density at radius 3 is 2.00 bits per heavy atom. The molecule has 0 saturated heterocycles. The van der Waals surface area contributed by atoms with Gasteiger partial charge in [0.25, 0.3) is 23.6 Å². The number of carbonyl (C=O) groups is 4. The van der Waals surface area contributed by atoms with Crippen LogP contribution in [0.3, 0.4) is 0 Å². The molecule has 51 heavy (non-hydrogen) atoms. The maximum absolute atomic E-state index is 13.3. The number of hydrogen-bond acceptors (Lipinski definition) is 7. The third-order valence-electron chi connectivity index (χ3n) is 8.06. The summed E-state index contributed by atoms with van der Waals surface area (Å²) in [5.41, 5.74) is 8.36. The first-order valence-corrected chi connectivity index (χ1v) is 16.9. The van der Waals surface area contributed by atoms with Crippen LogP contribution in [0.15, 0.2) is 65.3 Å². The van der Waals surface area contributed by atoms with E-state index in [2.05, 4.69) is 26.2 Å². The second-order valence-corrected chi connectivity index (χ2v) is 12.5. The summed E-state index contributed by atoms with van der Waals surface area (Å²) in [6.07, 6.45) is 3.42. The minimum Gasteiger partial charge on any atom is -0.451 e. The molecule has 4 amide bonds. The number of nitrogens with one attached hydrogen (secondary N) is 5. The smallest absolute Gasteiger partial charge is 0.291 e. The highest BCUT2D eigenvalue weighted by Gasteiger charge is 2.20. The summed E-state index contributed by atoms with van der Waals surface area (Å²) in [5.74, 6) is -0.442. The lowest BCUT2D eigenvalue weighted by Gasteiger charge is -2.22. The summed E-state index contributed by atoms with van der Waals surface area (Å²) in [6, 6.07) is 13.5. The minimum absolute atomic E-state index is 0.0325. The molecular formula is C34H38Cl2N10O5. The molecular weight excluding hydrogens is 699 g/mol. The molecule has 0 aliphatic rings. The lowest BCUT2D eigenvalue weighted by molar-refractivity contribution is 0.0943. The van der Waals surface area contributed by atoms with Crippen molar-refractivity contribution in [2.24, 2.45) is 26.9 Å². The van der Waals surface area contributed by atoms with Gasteiger partial charge in [0, 0.05) is 82.4 Å². The van der Waals surface area contributed by atoms with Crippen LogP contribution >= 0.6 is 23.2 Å².